The van der Waals surface area contributed by atoms with Crippen molar-refractivity contribution in [3.63, 3.8) is 0 Å². The minimum Gasteiger partial charge on any atom is -0.444 e. The Labute approximate surface area is 152 Å². The summed E-state index contributed by atoms with van der Waals surface area (Å²) in [6, 6.07) is -0.328. The molecule has 152 valence electrons. The molecule has 1 amide bonds. The number of likely N-dealkylation sites (tertiary alicyclic amines) is 1. The first-order valence-corrected chi connectivity index (χ1v) is 8.41. The number of anilines is 1. The Bertz CT molecular complexity index is 739. The maximum atomic E-state index is 13.5. The van der Waals surface area contributed by atoms with Crippen molar-refractivity contribution in [2.75, 3.05) is 18.8 Å². The predicted octanol–water partition coefficient (Wildman–Crippen LogP) is 3.69. The normalized spacial score (nSPS) is 20.4. The molecule has 2 aliphatic rings. The standard InChI is InChI=1S/C16H21F5N4O2/c1-13(2,3)27-12(26)24-7-14(8-24)4-9(5-14)25-6-10(22)11(23-25)15(17,18)16(19,20)21/h6,9H,4-5,7-8,22H2,1-3H3. The van der Waals surface area contributed by atoms with Gasteiger partial charge in [0.2, 0.25) is 0 Å². The minimum atomic E-state index is -5.76. The Balaban J connectivity index is 1.60. The topological polar surface area (TPSA) is 73.4 Å². The fourth-order valence-electron chi connectivity index (χ4n) is 3.58. The molecule has 1 spiro atoms. The molecule has 11 heteroatoms. The molecule has 3 rings (SSSR count). The van der Waals surface area contributed by atoms with Crippen LogP contribution in [0, 0.1) is 5.41 Å². The van der Waals surface area contributed by atoms with E-state index in [1.165, 1.54) is 0 Å². The number of nitrogen functional groups attached to an aromatic ring is 1. The molecule has 0 radical (unpaired) electrons. The van der Waals surface area contributed by atoms with Crippen LogP contribution in [0.25, 0.3) is 0 Å². The Hall–Kier alpha value is -2.07. The molecular formula is C16H21F5N4O2. The van der Waals surface area contributed by atoms with Gasteiger partial charge in [0.1, 0.15) is 5.60 Å². The number of hydrogen-bond donors (Lipinski definition) is 1. The number of amides is 1. The van der Waals surface area contributed by atoms with Crippen LogP contribution in [0.5, 0.6) is 0 Å². The molecule has 1 aromatic rings. The Morgan fingerprint density at radius 1 is 1.22 bits per heavy atom. The summed E-state index contributed by atoms with van der Waals surface area (Å²) in [7, 11) is 0. The van der Waals surface area contributed by atoms with Crippen molar-refractivity contribution < 1.29 is 31.5 Å². The molecule has 1 saturated carbocycles. The average molecular weight is 396 g/mol. The van der Waals surface area contributed by atoms with E-state index in [1.54, 1.807) is 25.7 Å². The van der Waals surface area contributed by atoms with Crippen LogP contribution >= 0.6 is 0 Å². The van der Waals surface area contributed by atoms with Crippen molar-refractivity contribution in [2.24, 2.45) is 5.41 Å². The fraction of sp³-hybridized carbons (Fsp3) is 0.750. The molecule has 1 aromatic heterocycles. The van der Waals surface area contributed by atoms with Gasteiger partial charge in [-0.1, -0.05) is 0 Å². The Morgan fingerprint density at radius 3 is 2.26 bits per heavy atom. The van der Waals surface area contributed by atoms with E-state index in [4.69, 9.17) is 10.5 Å². The molecule has 1 aliphatic carbocycles. The number of nitrogens with two attached hydrogens (primary N) is 1. The van der Waals surface area contributed by atoms with Crippen LogP contribution in [-0.2, 0) is 10.7 Å². The lowest BCUT2D eigenvalue weighted by Crippen LogP contribution is -2.64. The van der Waals surface area contributed by atoms with E-state index in [0.717, 1.165) is 10.9 Å². The maximum absolute atomic E-state index is 13.5. The van der Waals surface area contributed by atoms with Gasteiger partial charge in [0.25, 0.3) is 0 Å². The molecule has 0 aromatic carbocycles. The van der Waals surface area contributed by atoms with Gasteiger partial charge < -0.3 is 15.4 Å². The number of aromatic nitrogens is 2. The monoisotopic (exact) mass is 396 g/mol. The van der Waals surface area contributed by atoms with Crippen LogP contribution in [0.2, 0.25) is 0 Å². The van der Waals surface area contributed by atoms with Crippen LogP contribution in [-0.4, -0.2) is 45.6 Å². The highest BCUT2D eigenvalue weighted by atomic mass is 19.4. The molecule has 1 saturated heterocycles. The van der Waals surface area contributed by atoms with Gasteiger partial charge in [-0.25, -0.2) is 4.79 Å². The fourth-order valence-corrected chi connectivity index (χ4v) is 3.58. The number of ether oxygens (including phenoxy) is 1. The highest BCUT2D eigenvalue weighted by Gasteiger charge is 2.62. The van der Waals surface area contributed by atoms with Gasteiger partial charge in [-0.05, 0) is 33.6 Å². The van der Waals surface area contributed by atoms with Crippen molar-refractivity contribution in [1.29, 1.82) is 0 Å². The smallest absolute Gasteiger partial charge is 0.444 e. The molecule has 0 unspecified atom stereocenters. The second-order valence-corrected chi connectivity index (χ2v) is 8.38. The lowest BCUT2D eigenvalue weighted by Gasteiger charge is -2.58. The van der Waals surface area contributed by atoms with Gasteiger partial charge in [0.15, 0.2) is 5.69 Å². The third-order valence-electron chi connectivity index (χ3n) is 4.83. The first kappa shape index (κ1) is 19.7. The van der Waals surface area contributed by atoms with Gasteiger partial charge in [-0.15, -0.1) is 0 Å². The van der Waals surface area contributed by atoms with Crippen molar-refractivity contribution >= 4 is 11.8 Å². The molecular weight excluding hydrogens is 375 g/mol. The Kier molecular flexibility index (Phi) is 4.17. The predicted molar refractivity (Wildman–Crippen MR) is 85.1 cm³/mol. The zero-order valence-electron chi connectivity index (χ0n) is 15.1. The van der Waals surface area contributed by atoms with Gasteiger partial charge >= 0.3 is 18.2 Å². The minimum absolute atomic E-state index is 0.172. The van der Waals surface area contributed by atoms with Crippen molar-refractivity contribution in [1.82, 2.24) is 14.7 Å². The van der Waals surface area contributed by atoms with Gasteiger partial charge in [-0.2, -0.15) is 27.1 Å². The second-order valence-electron chi connectivity index (χ2n) is 8.38. The molecule has 0 atom stereocenters. The molecule has 6 nitrogen and oxygen atoms in total. The number of rotatable bonds is 2. The van der Waals surface area contributed by atoms with E-state index < -0.39 is 35.2 Å². The van der Waals surface area contributed by atoms with E-state index in [0.29, 0.717) is 25.9 Å². The summed E-state index contributed by atoms with van der Waals surface area (Å²) in [5.41, 5.74) is 2.40. The molecule has 0 bridgehead atoms. The summed E-state index contributed by atoms with van der Waals surface area (Å²) in [6.45, 7) is 6.20. The van der Waals surface area contributed by atoms with Crippen molar-refractivity contribution in [2.45, 2.75) is 57.4 Å². The number of hydrogen-bond acceptors (Lipinski definition) is 4. The highest BCUT2D eigenvalue weighted by molar-refractivity contribution is 5.69. The molecule has 2 N–H and O–H groups in total. The van der Waals surface area contributed by atoms with Crippen LogP contribution in [0.15, 0.2) is 6.20 Å². The molecule has 2 fully saturated rings. The highest BCUT2D eigenvalue weighted by Crippen LogP contribution is 2.55. The van der Waals surface area contributed by atoms with Crippen LogP contribution in [0.3, 0.4) is 0 Å². The summed E-state index contributed by atoms with van der Waals surface area (Å²) < 4.78 is 70.9. The van der Waals surface area contributed by atoms with Crippen LogP contribution in [0.1, 0.15) is 45.3 Å². The molecule has 2 heterocycles. The number of carbonyl (C=O) groups is 1. The summed E-state index contributed by atoms with van der Waals surface area (Å²) in [5.74, 6) is -5.10. The van der Waals surface area contributed by atoms with Crippen molar-refractivity contribution in [3.8, 4) is 0 Å². The van der Waals surface area contributed by atoms with E-state index in [2.05, 4.69) is 5.10 Å². The summed E-state index contributed by atoms with van der Waals surface area (Å²) in [4.78, 5) is 13.5. The number of alkyl halides is 5. The zero-order valence-corrected chi connectivity index (χ0v) is 15.1. The van der Waals surface area contributed by atoms with E-state index in [1.807, 2.05) is 0 Å². The lowest BCUT2D eigenvalue weighted by molar-refractivity contribution is -0.290. The molecule has 1 aliphatic heterocycles. The SMILES string of the molecule is CC(C)(C)OC(=O)N1CC2(CC(n3cc(N)c(C(F)(F)C(F)(F)F)n3)C2)C1. The van der Waals surface area contributed by atoms with E-state index in [-0.39, 0.29) is 11.5 Å². The maximum Gasteiger partial charge on any atom is 0.459 e. The lowest BCUT2D eigenvalue weighted by atomic mass is 9.61. The first-order valence-electron chi connectivity index (χ1n) is 8.41. The average Bonchev–Trinajstić information content (AvgIpc) is 2.74. The summed E-state index contributed by atoms with van der Waals surface area (Å²) >= 11 is 0. The van der Waals surface area contributed by atoms with Gasteiger partial charge in [-0.3, -0.25) is 4.68 Å². The van der Waals surface area contributed by atoms with E-state index in [9.17, 15) is 26.7 Å². The van der Waals surface area contributed by atoms with Crippen LogP contribution in [0.4, 0.5) is 32.4 Å². The third kappa shape index (κ3) is 3.43. The van der Waals surface area contributed by atoms with E-state index >= 15 is 0 Å². The summed E-state index contributed by atoms with van der Waals surface area (Å²) in [6.07, 6.45) is -4.14. The van der Waals surface area contributed by atoms with Gasteiger partial charge in [0, 0.05) is 24.7 Å². The summed E-state index contributed by atoms with van der Waals surface area (Å²) in [5, 5.41) is 3.41. The quantitative estimate of drug-likeness (QED) is 0.774. The van der Waals surface area contributed by atoms with Crippen molar-refractivity contribution in [3.05, 3.63) is 11.9 Å². The Morgan fingerprint density at radius 2 is 1.78 bits per heavy atom. The first-order chi connectivity index (χ1) is 12.1. The zero-order chi connectivity index (χ0) is 20.4. The largest absolute Gasteiger partial charge is 0.459 e. The third-order valence-corrected chi connectivity index (χ3v) is 4.83. The second kappa shape index (κ2) is 5.71. The number of halogens is 5. The molecule has 27 heavy (non-hydrogen) atoms. The van der Waals surface area contributed by atoms with Gasteiger partial charge in [0.05, 0.1) is 11.7 Å². The number of nitrogens with zero attached hydrogens (tertiary/aromatic N) is 3. The number of carbonyl (C=O) groups excluding carboxylic acids is 1. The van der Waals surface area contributed by atoms with Crippen LogP contribution < -0.4 is 5.73 Å².